The molecule has 1 saturated carbocycles. The molecule has 150 valence electrons. The van der Waals surface area contributed by atoms with Crippen molar-refractivity contribution in [2.45, 2.75) is 50.9 Å². The topological polar surface area (TPSA) is 67.3 Å². The van der Waals surface area contributed by atoms with Gasteiger partial charge < -0.3 is 15.0 Å². The number of benzene rings is 1. The Labute approximate surface area is 170 Å². The molecule has 0 atom stereocenters. The van der Waals surface area contributed by atoms with E-state index in [9.17, 15) is 4.79 Å². The number of hydrogen-bond acceptors (Lipinski definition) is 5. The van der Waals surface area contributed by atoms with Crippen LogP contribution in [0.5, 0.6) is 5.75 Å². The molecule has 0 radical (unpaired) electrons. The fraction of sp³-hybridized carbons (Fsp3) is 0.571. The van der Waals surface area contributed by atoms with Crippen LogP contribution >= 0.6 is 11.3 Å². The van der Waals surface area contributed by atoms with Crippen LogP contribution in [0.4, 0.5) is 10.5 Å². The number of para-hydroxylation sites is 2. The molecule has 2 aliphatic rings. The largest absolute Gasteiger partial charge is 0.495 e. The summed E-state index contributed by atoms with van der Waals surface area (Å²) in [5.74, 6) is 1.90. The summed E-state index contributed by atoms with van der Waals surface area (Å²) in [5.41, 5.74) is 0.706. The first kappa shape index (κ1) is 19.2. The van der Waals surface area contributed by atoms with Crippen LogP contribution in [0.15, 0.2) is 24.3 Å². The van der Waals surface area contributed by atoms with E-state index in [-0.39, 0.29) is 6.03 Å². The molecule has 0 unspecified atom stereocenters. The number of aromatic nitrogens is 2. The van der Waals surface area contributed by atoms with Gasteiger partial charge in [0.25, 0.3) is 0 Å². The van der Waals surface area contributed by atoms with Crippen LogP contribution in [0.3, 0.4) is 0 Å². The zero-order chi connectivity index (χ0) is 19.3. The predicted octanol–water partition coefficient (Wildman–Crippen LogP) is 4.69. The van der Waals surface area contributed by atoms with Crippen LogP contribution in [0.25, 0.3) is 0 Å². The lowest BCUT2D eigenvalue weighted by Gasteiger charge is -2.31. The quantitative estimate of drug-likeness (QED) is 0.790. The summed E-state index contributed by atoms with van der Waals surface area (Å²) in [5, 5.41) is 14.2. The molecule has 0 spiro atoms. The third-order valence-corrected chi connectivity index (χ3v) is 7.01. The monoisotopic (exact) mass is 400 g/mol. The van der Waals surface area contributed by atoms with Gasteiger partial charge >= 0.3 is 6.03 Å². The van der Waals surface area contributed by atoms with Crippen LogP contribution in [0, 0.1) is 5.92 Å². The minimum Gasteiger partial charge on any atom is -0.495 e. The molecule has 0 bridgehead atoms. The number of amides is 2. The molecule has 2 amide bonds. The number of likely N-dealkylation sites (tertiary alicyclic amines) is 1. The van der Waals surface area contributed by atoms with Gasteiger partial charge in [0, 0.05) is 25.4 Å². The standard InChI is InChI=1S/C21H28N4O2S/c1-27-18-9-5-4-8-17(18)22-21(26)25-12-10-16(11-13-25)20-24-23-19(28-20)14-15-6-2-3-7-15/h4-5,8-9,15-16H,2-3,6-7,10-14H2,1H3,(H,22,26). The number of nitrogens with zero attached hydrogens (tertiary/aromatic N) is 3. The van der Waals surface area contributed by atoms with E-state index in [1.165, 1.54) is 30.7 Å². The second-order valence-corrected chi connectivity index (χ2v) is 8.87. The van der Waals surface area contributed by atoms with Gasteiger partial charge in [-0.1, -0.05) is 37.8 Å². The average molecular weight is 401 g/mol. The molecular weight excluding hydrogens is 372 g/mol. The van der Waals surface area contributed by atoms with Crippen LogP contribution in [0.2, 0.25) is 0 Å². The minimum atomic E-state index is -0.0675. The second kappa shape index (κ2) is 8.90. The van der Waals surface area contributed by atoms with Crippen molar-refractivity contribution in [3.63, 3.8) is 0 Å². The van der Waals surface area contributed by atoms with Gasteiger partial charge in [-0.15, -0.1) is 21.5 Å². The summed E-state index contributed by atoms with van der Waals surface area (Å²) in [7, 11) is 1.61. The van der Waals surface area contributed by atoms with Crippen LogP contribution in [-0.2, 0) is 6.42 Å². The van der Waals surface area contributed by atoms with Crippen molar-refractivity contribution in [2.24, 2.45) is 5.92 Å². The second-order valence-electron chi connectivity index (χ2n) is 7.78. The Kier molecular flexibility index (Phi) is 6.10. The molecule has 2 fully saturated rings. The number of carbonyl (C=O) groups is 1. The van der Waals surface area contributed by atoms with Gasteiger partial charge in [0.15, 0.2) is 0 Å². The molecule has 1 saturated heterocycles. The summed E-state index contributed by atoms with van der Waals surface area (Å²) >= 11 is 1.79. The van der Waals surface area contributed by atoms with Crippen molar-refractivity contribution in [2.75, 3.05) is 25.5 Å². The maximum Gasteiger partial charge on any atom is 0.321 e. The average Bonchev–Trinajstić information content (AvgIpc) is 3.41. The molecule has 1 N–H and O–H groups in total. The number of nitrogens with one attached hydrogen (secondary N) is 1. The number of urea groups is 1. The molecule has 7 heteroatoms. The fourth-order valence-corrected chi connectivity index (χ4v) is 5.37. The molecule has 1 aromatic carbocycles. The molecule has 1 aliphatic carbocycles. The number of ether oxygens (including phenoxy) is 1. The highest BCUT2D eigenvalue weighted by atomic mass is 32.1. The van der Waals surface area contributed by atoms with E-state index in [0.29, 0.717) is 17.4 Å². The molecule has 6 nitrogen and oxygen atoms in total. The number of carbonyl (C=O) groups excluding carboxylic acids is 1. The van der Waals surface area contributed by atoms with E-state index < -0.39 is 0 Å². The maximum atomic E-state index is 12.6. The summed E-state index contributed by atoms with van der Waals surface area (Å²) in [6.07, 6.45) is 8.40. The smallest absolute Gasteiger partial charge is 0.321 e. The van der Waals surface area contributed by atoms with Crippen molar-refractivity contribution in [1.29, 1.82) is 0 Å². The van der Waals surface area contributed by atoms with Gasteiger partial charge in [0.2, 0.25) is 0 Å². The number of methoxy groups -OCH3 is 1. The van der Waals surface area contributed by atoms with Crippen LogP contribution < -0.4 is 10.1 Å². The van der Waals surface area contributed by atoms with E-state index in [1.54, 1.807) is 18.4 Å². The molecule has 1 aromatic heterocycles. The molecular formula is C21H28N4O2S. The predicted molar refractivity (Wildman–Crippen MR) is 111 cm³/mol. The summed E-state index contributed by atoms with van der Waals surface area (Å²) in [4.78, 5) is 14.5. The van der Waals surface area contributed by atoms with E-state index in [1.807, 2.05) is 29.2 Å². The van der Waals surface area contributed by atoms with Crippen LogP contribution in [0.1, 0.15) is 54.5 Å². The number of rotatable bonds is 5. The van der Waals surface area contributed by atoms with Crippen LogP contribution in [-0.4, -0.2) is 41.3 Å². The third kappa shape index (κ3) is 4.46. The lowest BCUT2D eigenvalue weighted by molar-refractivity contribution is 0.194. The Morgan fingerprint density at radius 3 is 2.68 bits per heavy atom. The Bertz CT molecular complexity index is 795. The van der Waals surface area contributed by atoms with Crippen molar-refractivity contribution in [1.82, 2.24) is 15.1 Å². The number of anilines is 1. The van der Waals surface area contributed by atoms with E-state index >= 15 is 0 Å². The van der Waals surface area contributed by atoms with Crippen molar-refractivity contribution in [3.05, 3.63) is 34.3 Å². The molecule has 4 rings (SSSR count). The Hall–Kier alpha value is -2.15. The SMILES string of the molecule is COc1ccccc1NC(=O)N1CCC(c2nnc(CC3CCCC3)s2)CC1. The van der Waals surface area contributed by atoms with Gasteiger partial charge in [-0.25, -0.2) is 4.79 Å². The first-order chi connectivity index (χ1) is 13.7. The molecule has 2 aromatic rings. The zero-order valence-corrected chi connectivity index (χ0v) is 17.2. The Balaban J connectivity index is 1.29. The first-order valence-electron chi connectivity index (χ1n) is 10.2. The minimum absolute atomic E-state index is 0.0675. The van der Waals surface area contributed by atoms with E-state index in [2.05, 4.69) is 15.5 Å². The number of piperidine rings is 1. The highest BCUT2D eigenvalue weighted by Gasteiger charge is 2.27. The molecule has 2 heterocycles. The zero-order valence-electron chi connectivity index (χ0n) is 16.4. The fourth-order valence-electron chi connectivity index (χ4n) is 4.25. The third-order valence-electron chi connectivity index (χ3n) is 5.90. The van der Waals surface area contributed by atoms with E-state index in [4.69, 9.17) is 4.74 Å². The van der Waals surface area contributed by atoms with Gasteiger partial charge in [0.05, 0.1) is 12.8 Å². The lowest BCUT2D eigenvalue weighted by Crippen LogP contribution is -2.40. The highest BCUT2D eigenvalue weighted by molar-refractivity contribution is 7.11. The summed E-state index contributed by atoms with van der Waals surface area (Å²) in [6, 6.07) is 7.42. The summed E-state index contributed by atoms with van der Waals surface area (Å²) in [6.45, 7) is 1.48. The van der Waals surface area contributed by atoms with Gasteiger partial charge in [-0.2, -0.15) is 0 Å². The van der Waals surface area contributed by atoms with Gasteiger partial charge in [-0.05, 0) is 30.9 Å². The maximum absolute atomic E-state index is 12.6. The Morgan fingerprint density at radius 2 is 1.93 bits per heavy atom. The molecule has 28 heavy (non-hydrogen) atoms. The highest BCUT2D eigenvalue weighted by Crippen LogP contribution is 2.33. The first-order valence-corrected chi connectivity index (χ1v) is 11.1. The van der Waals surface area contributed by atoms with E-state index in [0.717, 1.165) is 43.3 Å². The van der Waals surface area contributed by atoms with Gasteiger partial charge in [0.1, 0.15) is 15.8 Å². The molecule has 1 aliphatic heterocycles. The Morgan fingerprint density at radius 1 is 1.18 bits per heavy atom. The summed E-state index contributed by atoms with van der Waals surface area (Å²) < 4.78 is 5.31. The normalized spacial score (nSPS) is 18.4. The van der Waals surface area contributed by atoms with Crippen molar-refractivity contribution >= 4 is 23.1 Å². The van der Waals surface area contributed by atoms with Crippen molar-refractivity contribution < 1.29 is 9.53 Å². The lowest BCUT2D eigenvalue weighted by atomic mass is 9.98. The number of hydrogen-bond donors (Lipinski definition) is 1. The van der Waals surface area contributed by atoms with Gasteiger partial charge in [-0.3, -0.25) is 0 Å². The van der Waals surface area contributed by atoms with Crippen molar-refractivity contribution in [3.8, 4) is 5.75 Å².